The van der Waals surface area contributed by atoms with Crippen LogP contribution in [0.15, 0.2) is 30.9 Å². The zero-order valence-electron chi connectivity index (χ0n) is 9.30. The Kier molecular flexibility index (Phi) is 3.67. The summed E-state index contributed by atoms with van der Waals surface area (Å²) in [6.45, 7) is 3.46. The maximum absolute atomic E-state index is 11.8. The lowest BCUT2D eigenvalue weighted by Gasteiger charge is -2.08. The van der Waals surface area contributed by atoms with E-state index in [0.717, 1.165) is 3.57 Å². The van der Waals surface area contributed by atoms with Crippen LogP contribution in [0.4, 0.5) is 5.69 Å². The fourth-order valence-corrected chi connectivity index (χ4v) is 2.25. The number of rotatable bonds is 3. The van der Waals surface area contributed by atoms with Crippen molar-refractivity contribution < 1.29 is 19.5 Å². The van der Waals surface area contributed by atoms with Gasteiger partial charge in [-0.2, -0.15) is 5.06 Å². The zero-order chi connectivity index (χ0) is 13.3. The van der Waals surface area contributed by atoms with Gasteiger partial charge in [-0.15, -0.1) is 0 Å². The third-order valence-corrected chi connectivity index (χ3v) is 3.24. The summed E-state index contributed by atoms with van der Waals surface area (Å²) in [5.41, 5.74) is 0.782. The summed E-state index contributed by atoms with van der Waals surface area (Å²) < 4.78 is 5.72. The minimum atomic E-state index is -1.10. The highest BCUT2D eigenvalue weighted by atomic mass is 127. The Balaban J connectivity index is 2.36. The molecule has 1 aromatic carbocycles. The van der Waals surface area contributed by atoms with Crippen molar-refractivity contribution in [2.75, 3.05) is 11.7 Å². The van der Waals surface area contributed by atoms with Gasteiger partial charge in [-0.25, -0.2) is 0 Å². The lowest BCUT2D eigenvalue weighted by molar-refractivity contribution is -0.147. The highest BCUT2D eigenvalue weighted by Gasteiger charge is 2.42. The van der Waals surface area contributed by atoms with Crippen molar-refractivity contribution in [1.82, 2.24) is 0 Å². The molecule has 0 bridgehead atoms. The van der Waals surface area contributed by atoms with E-state index in [1.165, 1.54) is 6.08 Å². The van der Waals surface area contributed by atoms with Crippen molar-refractivity contribution in [3.63, 3.8) is 0 Å². The van der Waals surface area contributed by atoms with Crippen LogP contribution in [0.2, 0.25) is 0 Å². The molecule has 0 saturated carbocycles. The Morgan fingerprint density at radius 2 is 2.33 bits per heavy atom. The Hall–Kier alpha value is -1.41. The molecule has 0 spiro atoms. The van der Waals surface area contributed by atoms with Gasteiger partial charge in [0.25, 0.3) is 5.91 Å². The molecule has 6 heteroatoms. The number of anilines is 1. The summed E-state index contributed by atoms with van der Waals surface area (Å²) in [5, 5.41) is 10.2. The number of carbonyl (C=O) groups excluding carboxylic acids is 2. The summed E-state index contributed by atoms with van der Waals surface area (Å²) in [5.74, 6) is -2.47. The number of amides is 1. The molecule has 1 N–H and O–H groups in total. The number of nitrogens with zero attached hydrogens (tertiary/aromatic N) is 1. The van der Waals surface area contributed by atoms with Crippen LogP contribution in [0.3, 0.4) is 0 Å². The van der Waals surface area contributed by atoms with Crippen molar-refractivity contribution in [3.8, 4) is 0 Å². The molecule has 0 aliphatic carbocycles. The number of hydrogen-bond acceptors (Lipinski definition) is 4. The van der Waals surface area contributed by atoms with Crippen molar-refractivity contribution in [1.29, 1.82) is 0 Å². The maximum Gasteiger partial charge on any atom is 0.323 e. The number of esters is 1. The second-order valence-corrected chi connectivity index (χ2v) is 4.95. The van der Waals surface area contributed by atoms with Gasteiger partial charge in [0, 0.05) is 9.13 Å². The van der Waals surface area contributed by atoms with Crippen LogP contribution in [-0.2, 0) is 14.3 Å². The normalized spacial score (nSPS) is 17.6. The number of halogens is 1. The molecule has 1 aromatic rings. The molecule has 0 saturated heterocycles. The molecule has 1 atom stereocenters. The summed E-state index contributed by atoms with van der Waals surface area (Å²) >= 11 is 2.06. The summed E-state index contributed by atoms with van der Waals surface area (Å²) in [7, 11) is 0. The quantitative estimate of drug-likeness (QED) is 0.294. The fourth-order valence-electron chi connectivity index (χ4n) is 1.77. The third-order valence-electron chi connectivity index (χ3n) is 2.57. The first kappa shape index (κ1) is 13.0. The molecule has 1 unspecified atom stereocenters. The van der Waals surface area contributed by atoms with E-state index in [1.54, 1.807) is 18.2 Å². The van der Waals surface area contributed by atoms with E-state index in [-0.39, 0.29) is 6.61 Å². The molecule has 18 heavy (non-hydrogen) atoms. The SMILES string of the molecule is C=CCOC(=O)C1C(=O)N(O)c2cc(I)ccc21. The molecule has 94 valence electrons. The zero-order valence-corrected chi connectivity index (χ0v) is 11.5. The van der Waals surface area contributed by atoms with E-state index in [9.17, 15) is 14.8 Å². The van der Waals surface area contributed by atoms with E-state index in [2.05, 4.69) is 29.2 Å². The minimum Gasteiger partial charge on any atom is -0.461 e. The molecule has 1 amide bonds. The molecule has 2 rings (SSSR count). The number of fused-ring (bicyclic) bond motifs is 1. The lowest BCUT2D eigenvalue weighted by Crippen LogP contribution is -2.29. The Morgan fingerprint density at radius 1 is 1.61 bits per heavy atom. The molecule has 0 aromatic heterocycles. The first-order valence-corrected chi connectivity index (χ1v) is 6.24. The Bertz CT molecular complexity index is 529. The van der Waals surface area contributed by atoms with E-state index in [4.69, 9.17) is 4.74 Å². The molecule has 5 nitrogen and oxygen atoms in total. The van der Waals surface area contributed by atoms with Gasteiger partial charge in [0.15, 0.2) is 5.92 Å². The Labute approximate surface area is 117 Å². The monoisotopic (exact) mass is 359 g/mol. The van der Waals surface area contributed by atoms with Crippen molar-refractivity contribution in [3.05, 3.63) is 40.0 Å². The van der Waals surface area contributed by atoms with Gasteiger partial charge in [-0.1, -0.05) is 18.7 Å². The molecule has 1 aliphatic rings. The van der Waals surface area contributed by atoms with Gasteiger partial charge >= 0.3 is 5.97 Å². The highest BCUT2D eigenvalue weighted by Crippen LogP contribution is 2.37. The van der Waals surface area contributed by atoms with Gasteiger partial charge in [0.2, 0.25) is 0 Å². The van der Waals surface area contributed by atoms with Crippen LogP contribution in [-0.4, -0.2) is 23.7 Å². The van der Waals surface area contributed by atoms with Gasteiger partial charge in [-0.05, 0) is 34.7 Å². The van der Waals surface area contributed by atoms with Crippen molar-refractivity contribution >= 4 is 40.2 Å². The fraction of sp³-hybridized carbons (Fsp3) is 0.167. The highest BCUT2D eigenvalue weighted by molar-refractivity contribution is 14.1. The number of carbonyl (C=O) groups is 2. The minimum absolute atomic E-state index is 0.0355. The van der Waals surface area contributed by atoms with Crippen molar-refractivity contribution in [2.24, 2.45) is 0 Å². The van der Waals surface area contributed by atoms with Crippen LogP contribution in [0, 0.1) is 3.57 Å². The van der Waals surface area contributed by atoms with Crippen LogP contribution in [0.1, 0.15) is 11.5 Å². The standard InChI is InChI=1S/C12H10INO4/c1-2-5-18-12(16)10-8-4-3-7(13)6-9(8)14(17)11(10)15/h2-4,6,10,17H,1,5H2. The van der Waals surface area contributed by atoms with Crippen LogP contribution >= 0.6 is 22.6 Å². The average Bonchev–Trinajstić information content (AvgIpc) is 2.60. The Morgan fingerprint density at radius 3 is 3.00 bits per heavy atom. The van der Waals surface area contributed by atoms with Crippen LogP contribution in [0.5, 0.6) is 0 Å². The van der Waals surface area contributed by atoms with Gasteiger partial charge < -0.3 is 4.74 Å². The van der Waals surface area contributed by atoms with Crippen LogP contribution < -0.4 is 5.06 Å². The van der Waals surface area contributed by atoms with E-state index < -0.39 is 17.8 Å². The topological polar surface area (TPSA) is 66.8 Å². The van der Waals surface area contributed by atoms with E-state index in [0.29, 0.717) is 16.3 Å². The lowest BCUT2D eigenvalue weighted by atomic mass is 10.0. The molecule has 1 aliphatic heterocycles. The number of hydroxylamine groups is 1. The number of ether oxygens (including phenoxy) is 1. The third kappa shape index (κ3) is 2.13. The summed E-state index contributed by atoms with van der Waals surface area (Å²) in [6.07, 6.45) is 1.42. The predicted octanol–water partition coefficient (Wildman–Crippen LogP) is 1.84. The second-order valence-electron chi connectivity index (χ2n) is 3.70. The molecular weight excluding hydrogens is 349 g/mol. The smallest absolute Gasteiger partial charge is 0.323 e. The van der Waals surface area contributed by atoms with Crippen molar-refractivity contribution in [2.45, 2.75) is 5.92 Å². The van der Waals surface area contributed by atoms with Crippen LogP contribution in [0.25, 0.3) is 0 Å². The first-order valence-electron chi connectivity index (χ1n) is 5.16. The van der Waals surface area contributed by atoms with Gasteiger partial charge in [0.05, 0.1) is 5.69 Å². The first-order chi connectivity index (χ1) is 8.56. The van der Waals surface area contributed by atoms with E-state index in [1.807, 2.05) is 0 Å². The number of benzene rings is 1. The summed E-state index contributed by atoms with van der Waals surface area (Å²) in [6, 6.07) is 5.04. The van der Waals surface area contributed by atoms with Gasteiger partial charge in [-0.3, -0.25) is 14.8 Å². The summed E-state index contributed by atoms with van der Waals surface area (Å²) in [4.78, 5) is 23.6. The molecule has 0 fully saturated rings. The largest absolute Gasteiger partial charge is 0.461 e. The maximum atomic E-state index is 11.8. The average molecular weight is 359 g/mol. The number of hydrogen-bond donors (Lipinski definition) is 1. The van der Waals surface area contributed by atoms with Gasteiger partial charge in [0.1, 0.15) is 6.61 Å². The molecule has 0 radical (unpaired) electrons. The van der Waals surface area contributed by atoms with E-state index >= 15 is 0 Å². The molecular formula is C12H10INO4. The molecule has 1 heterocycles. The predicted molar refractivity (Wildman–Crippen MR) is 72.3 cm³/mol. The second kappa shape index (κ2) is 5.07.